The molecule has 3 aromatic rings. The minimum absolute atomic E-state index is 0.00815. The molecule has 0 atom stereocenters. The Morgan fingerprint density at radius 1 is 1.14 bits per heavy atom. The van der Waals surface area contributed by atoms with E-state index in [2.05, 4.69) is 15.0 Å². The molecular formula is C10H7N3O. The average molecular weight is 185 g/mol. The molecule has 14 heavy (non-hydrogen) atoms. The molecule has 1 aromatic carbocycles. The molecule has 68 valence electrons. The molecule has 4 heteroatoms. The number of fused-ring (bicyclic) bond motifs is 3. The van der Waals surface area contributed by atoms with Crippen molar-refractivity contribution in [3.05, 3.63) is 30.6 Å². The normalized spacial score (nSPS) is 11.1. The van der Waals surface area contributed by atoms with E-state index in [1.807, 2.05) is 24.3 Å². The van der Waals surface area contributed by atoms with E-state index < -0.39 is 0 Å². The molecule has 2 N–H and O–H groups in total. The van der Waals surface area contributed by atoms with Crippen LogP contribution in [0.4, 0.5) is 0 Å². The van der Waals surface area contributed by atoms with Gasteiger partial charge in [-0.15, -0.1) is 0 Å². The van der Waals surface area contributed by atoms with Crippen molar-refractivity contribution in [1.29, 1.82) is 0 Å². The molecule has 0 aliphatic heterocycles. The van der Waals surface area contributed by atoms with E-state index in [0.29, 0.717) is 5.52 Å². The Labute approximate surface area is 79.2 Å². The van der Waals surface area contributed by atoms with Crippen molar-refractivity contribution >= 4 is 21.9 Å². The predicted molar refractivity (Wildman–Crippen MR) is 53.1 cm³/mol. The van der Waals surface area contributed by atoms with E-state index in [4.69, 9.17) is 0 Å². The van der Waals surface area contributed by atoms with Gasteiger partial charge in [-0.25, -0.2) is 9.97 Å². The van der Waals surface area contributed by atoms with Crippen LogP contribution in [-0.4, -0.2) is 20.1 Å². The number of aromatic amines is 1. The molecule has 3 rings (SSSR count). The lowest BCUT2D eigenvalue weighted by molar-refractivity contribution is 0.458. The molecule has 4 nitrogen and oxygen atoms in total. The summed E-state index contributed by atoms with van der Waals surface area (Å²) in [5, 5.41) is 10.5. The van der Waals surface area contributed by atoms with Gasteiger partial charge in [0.1, 0.15) is 17.4 Å². The molecule has 0 unspecified atom stereocenters. The zero-order valence-corrected chi connectivity index (χ0v) is 7.23. The number of benzene rings is 1. The summed E-state index contributed by atoms with van der Waals surface area (Å²) in [4.78, 5) is 10.9. The van der Waals surface area contributed by atoms with Crippen LogP contribution >= 0.6 is 0 Å². The van der Waals surface area contributed by atoms with Gasteiger partial charge >= 0.3 is 0 Å². The van der Waals surface area contributed by atoms with Crippen molar-refractivity contribution < 1.29 is 5.11 Å². The highest BCUT2D eigenvalue weighted by molar-refractivity contribution is 6.05. The van der Waals surface area contributed by atoms with Crippen molar-refractivity contribution in [3.63, 3.8) is 0 Å². The van der Waals surface area contributed by atoms with E-state index in [9.17, 15) is 5.11 Å². The van der Waals surface area contributed by atoms with E-state index in [1.165, 1.54) is 6.33 Å². The molecular weight excluding hydrogens is 178 g/mol. The van der Waals surface area contributed by atoms with Crippen LogP contribution in [0.25, 0.3) is 21.9 Å². The highest BCUT2D eigenvalue weighted by atomic mass is 16.3. The fraction of sp³-hybridized carbons (Fsp3) is 0. The summed E-state index contributed by atoms with van der Waals surface area (Å²) in [5.74, 6) is -0.00815. The van der Waals surface area contributed by atoms with Gasteiger partial charge < -0.3 is 10.1 Å². The summed E-state index contributed by atoms with van der Waals surface area (Å²) in [7, 11) is 0. The van der Waals surface area contributed by atoms with Crippen LogP contribution in [0.3, 0.4) is 0 Å². The van der Waals surface area contributed by atoms with Crippen molar-refractivity contribution in [2.75, 3.05) is 0 Å². The Bertz CT molecular complexity index is 615. The Morgan fingerprint density at radius 2 is 2.00 bits per heavy atom. The predicted octanol–water partition coefficient (Wildman–Crippen LogP) is 1.82. The smallest absolute Gasteiger partial charge is 0.239 e. The van der Waals surface area contributed by atoms with Crippen LogP contribution in [0.2, 0.25) is 0 Å². The van der Waals surface area contributed by atoms with E-state index >= 15 is 0 Å². The molecule has 2 heterocycles. The number of nitrogens with one attached hydrogen (secondary N) is 1. The van der Waals surface area contributed by atoms with Crippen LogP contribution < -0.4 is 0 Å². The van der Waals surface area contributed by atoms with Crippen LogP contribution in [0, 0.1) is 0 Å². The van der Waals surface area contributed by atoms with Gasteiger partial charge in [-0.1, -0.05) is 18.2 Å². The average Bonchev–Trinajstić information content (AvgIpc) is 2.59. The lowest BCUT2D eigenvalue weighted by Crippen LogP contribution is -1.79. The second kappa shape index (κ2) is 2.45. The summed E-state index contributed by atoms with van der Waals surface area (Å²) in [6, 6.07) is 7.77. The number of hydrogen-bond donors (Lipinski definition) is 2. The number of aromatic nitrogens is 3. The largest absolute Gasteiger partial charge is 0.492 e. The molecule has 0 saturated heterocycles. The van der Waals surface area contributed by atoms with E-state index in [0.717, 1.165) is 16.4 Å². The Balaban J connectivity index is 2.63. The molecule has 0 fully saturated rings. The molecule has 0 spiro atoms. The second-order valence-corrected chi connectivity index (χ2v) is 3.09. The van der Waals surface area contributed by atoms with Crippen LogP contribution in [0.1, 0.15) is 0 Å². The third kappa shape index (κ3) is 0.821. The molecule has 0 radical (unpaired) electrons. The minimum Gasteiger partial charge on any atom is -0.492 e. The Morgan fingerprint density at radius 3 is 2.93 bits per heavy atom. The van der Waals surface area contributed by atoms with E-state index in [-0.39, 0.29) is 5.88 Å². The fourth-order valence-corrected chi connectivity index (χ4v) is 1.63. The number of rotatable bonds is 0. The molecule has 0 aliphatic rings. The number of nitrogens with zero attached hydrogens (tertiary/aromatic N) is 2. The van der Waals surface area contributed by atoms with Gasteiger partial charge in [0.2, 0.25) is 5.88 Å². The number of aromatic hydroxyl groups is 1. The maximum absolute atomic E-state index is 9.49. The Kier molecular flexibility index (Phi) is 1.28. The highest BCUT2D eigenvalue weighted by Crippen LogP contribution is 2.26. The maximum atomic E-state index is 9.49. The lowest BCUT2D eigenvalue weighted by Gasteiger charge is -1.90. The second-order valence-electron chi connectivity index (χ2n) is 3.09. The summed E-state index contributed by atoms with van der Waals surface area (Å²) in [6.45, 7) is 0. The lowest BCUT2D eigenvalue weighted by atomic mass is 10.2. The van der Waals surface area contributed by atoms with Gasteiger partial charge in [-0.05, 0) is 6.07 Å². The maximum Gasteiger partial charge on any atom is 0.239 e. The van der Waals surface area contributed by atoms with Gasteiger partial charge in [0.05, 0.1) is 0 Å². The van der Waals surface area contributed by atoms with E-state index in [1.54, 1.807) is 0 Å². The number of H-pyrrole nitrogens is 1. The highest BCUT2D eigenvalue weighted by Gasteiger charge is 2.07. The Hall–Kier alpha value is -2.10. The molecule has 2 aromatic heterocycles. The van der Waals surface area contributed by atoms with Crippen LogP contribution in [0.5, 0.6) is 5.88 Å². The van der Waals surface area contributed by atoms with Gasteiger partial charge in [0, 0.05) is 10.9 Å². The number of para-hydroxylation sites is 1. The van der Waals surface area contributed by atoms with Crippen molar-refractivity contribution in [3.8, 4) is 5.88 Å². The standard InChI is InChI=1S/C10H7N3O/c14-10-9-8(11-5-12-10)6-3-1-2-4-7(6)13-9/h1-5,13H,(H,11,12,14). The zero-order chi connectivity index (χ0) is 9.54. The molecule has 0 bridgehead atoms. The first-order chi connectivity index (χ1) is 6.86. The monoisotopic (exact) mass is 185 g/mol. The topological polar surface area (TPSA) is 61.8 Å². The molecule has 0 saturated carbocycles. The molecule has 0 aliphatic carbocycles. The van der Waals surface area contributed by atoms with Gasteiger partial charge in [0.25, 0.3) is 0 Å². The third-order valence-electron chi connectivity index (χ3n) is 2.27. The van der Waals surface area contributed by atoms with Gasteiger partial charge in [-0.2, -0.15) is 0 Å². The van der Waals surface area contributed by atoms with Crippen molar-refractivity contribution in [2.45, 2.75) is 0 Å². The number of hydrogen-bond acceptors (Lipinski definition) is 3. The zero-order valence-electron chi connectivity index (χ0n) is 7.23. The fourth-order valence-electron chi connectivity index (χ4n) is 1.63. The first-order valence-electron chi connectivity index (χ1n) is 4.26. The van der Waals surface area contributed by atoms with Crippen LogP contribution in [0.15, 0.2) is 30.6 Å². The van der Waals surface area contributed by atoms with Crippen molar-refractivity contribution in [2.24, 2.45) is 0 Å². The quantitative estimate of drug-likeness (QED) is 0.561. The first kappa shape index (κ1) is 7.32. The van der Waals surface area contributed by atoms with Crippen molar-refractivity contribution in [1.82, 2.24) is 15.0 Å². The van der Waals surface area contributed by atoms with Gasteiger partial charge in [0.15, 0.2) is 0 Å². The SMILES string of the molecule is Oc1ncnc2c1[nH]c1ccccc12. The summed E-state index contributed by atoms with van der Waals surface area (Å²) >= 11 is 0. The van der Waals surface area contributed by atoms with Gasteiger partial charge in [-0.3, -0.25) is 0 Å². The first-order valence-corrected chi connectivity index (χ1v) is 4.26. The minimum atomic E-state index is -0.00815. The summed E-state index contributed by atoms with van der Waals surface area (Å²) in [5.41, 5.74) is 2.31. The molecule has 0 amide bonds. The van der Waals surface area contributed by atoms with Crippen LogP contribution in [-0.2, 0) is 0 Å². The summed E-state index contributed by atoms with van der Waals surface area (Å²) < 4.78 is 0. The third-order valence-corrected chi connectivity index (χ3v) is 2.27. The summed E-state index contributed by atoms with van der Waals surface area (Å²) in [6.07, 6.45) is 1.36.